The second kappa shape index (κ2) is 9.51. The number of carbonyl (C=O) groups is 2. The maximum Gasteiger partial charge on any atom is 0.306 e. The second-order valence-electron chi connectivity index (χ2n) is 7.35. The lowest BCUT2D eigenvalue weighted by atomic mass is 9.70. The van der Waals surface area contributed by atoms with Crippen LogP contribution in [0.15, 0.2) is 36.0 Å². The zero-order valence-corrected chi connectivity index (χ0v) is 16.2. The Morgan fingerprint density at radius 2 is 2.12 bits per heavy atom. The molecule has 26 heavy (non-hydrogen) atoms. The predicted octanol–water partition coefficient (Wildman–Crippen LogP) is 3.62. The number of amides is 1. The van der Waals surface area contributed by atoms with Crippen molar-refractivity contribution in [1.29, 1.82) is 0 Å². The van der Waals surface area contributed by atoms with Gasteiger partial charge in [0.2, 0.25) is 0 Å². The first-order valence-electron chi connectivity index (χ1n) is 9.45. The van der Waals surface area contributed by atoms with Crippen LogP contribution in [-0.2, 0) is 9.53 Å². The van der Waals surface area contributed by atoms with Gasteiger partial charge in [0.15, 0.2) is 0 Å². The van der Waals surface area contributed by atoms with Gasteiger partial charge in [-0.3, -0.25) is 14.6 Å². The van der Waals surface area contributed by atoms with E-state index in [9.17, 15) is 9.59 Å². The SMILES string of the molecule is CCOC(=O)C[C@@H]1C[C@@H](C(C)C)[C@H](CNC(=O)c2ccccn2)C=C1C. The summed E-state index contributed by atoms with van der Waals surface area (Å²) in [4.78, 5) is 28.2. The molecule has 0 saturated heterocycles. The summed E-state index contributed by atoms with van der Waals surface area (Å²) >= 11 is 0. The molecule has 2 rings (SSSR count). The van der Waals surface area contributed by atoms with Crippen LogP contribution in [-0.4, -0.2) is 30.0 Å². The first kappa shape index (κ1) is 20.1. The Hall–Kier alpha value is -2.17. The van der Waals surface area contributed by atoms with E-state index in [-0.39, 0.29) is 23.7 Å². The topological polar surface area (TPSA) is 68.3 Å². The summed E-state index contributed by atoms with van der Waals surface area (Å²) < 4.78 is 5.11. The molecule has 5 heteroatoms. The minimum absolute atomic E-state index is 0.130. The van der Waals surface area contributed by atoms with Gasteiger partial charge in [0.25, 0.3) is 5.91 Å². The zero-order chi connectivity index (χ0) is 19.1. The van der Waals surface area contributed by atoms with E-state index in [0.29, 0.717) is 37.1 Å². The van der Waals surface area contributed by atoms with Crippen LogP contribution < -0.4 is 5.32 Å². The van der Waals surface area contributed by atoms with Crippen molar-refractivity contribution in [3.05, 3.63) is 41.7 Å². The van der Waals surface area contributed by atoms with Crippen LogP contribution in [0.25, 0.3) is 0 Å². The summed E-state index contributed by atoms with van der Waals surface area (Å²) in [6.45, 7) is 9.32. The summed E-state index contributed by atoms with van der Waals surface area (Å²) in [6, 6.07) is 5.32. The van der Waals surface area contributed by atoms with Gasteiger partial charge in [0.05, 0.1) is 13.0 Å². The molecule has 1 aliphatic carbocycles. The zero-order valence-electron chi connectivity index (χ0n) is 16.2. The standard InChI is InChI=1S/C21H30N2O3/c1-5-26-20(24)12-16-11-18(14(2)3)17(10-15(16)4)13-23-21(25)19-8-6-7-9-22-19/h6-10,14,16-18H,5,11-13H2,1-4H3,(H,23,25)/t16-,17-,18-/m0/s1. The highest BCUT2D eigenvalue weighted by Crippen LogP contribution is 2.38. The van der Waals surface area contributed by atoms with Gasteiger partial charge in [-0.2, -0.15) is 0 Å². The highest BCUT2D eigenvalue weighted by Gasteiger charge is 2.33. The minimum atomic E-state index is -0.146. The maximum absolute atomic E-state index is 12.3. The van der Waals surface area contributed by atoms with Crippen molar-refractivity contribution in [2.24, 2.45) is 23.7 Å². The molecule has 0 aromatic carbocycles. The lowest BCUT2D eigenvalue weighted by molar-refractivity contribution is -0.144. The van der Waals surface area contributed by atoms with Crippen molar-refractivity contribution in [3.63, 3.8) is 0 Å². The molecular formula is C21H30N2O3. The van der Waals surface area contributed by atoms with Gasteiger partial charge >= 0.3 is 5.97 Å². The Kier molecular flexibility index (Phi) is 7.37. The largest absolute Gasteiger partial charge is 0.466 e. The molecule has 3 atom stereocenters. The van der Waals surface area contributed by atoms with Crippen molar-refractivity contribution in [2.75, 3.05) is 13.2 Å². The van der Waals surface area contributed by atoms with Crippen molar-refractivity contribution in [3.8, 4) is 0 Å². The lowest BCUT2D eigenvalue weighted by Crippen LogP contribution is -2.37. The number of esters is 1. The smallest absolute Gasteiger partial charge is 0.306 e. The van der Waals surface area contributed by atoms with E-state index in [4.69, 9.17) is 4.74 Å². The van der Waals surface area contributed by atoms with Crippen molar-refractivity contribution in [1.82, 2.24) is 10.3 Å². The third-order valence-corrected chi connectivity index (χ3v) is 5.20. The molecule has 0 spiro atoms. The van der Waals surface area contributed by atoms with Crippen molar-refractivity contribution in [2.45, 2.75) is 40.5 Å². The molecule has 142 valence electrons. The van der Waals surface area contributed by atoms with Crippen molar-refractivity contribution >= 4 is 11.9 Å². The molecular weight excluding hydrogens is 328 g/mol. The first-order chi connectivity index (χ1) is 12.4. The number of pyridine rings is 1. The fourth-order valence-electron chi connectivity index (χ4n) is 3.73. The van der Waals surface area contributed by atoms with Crippen LogP contribution in [0.4, 0.5) is 0 Å². The van der Waals surface area contributed by atoms with Crippen LogP contribution in [0.3, 0.4) is 0 Å². The molecule has 1 heterocycles. The van der Waals surface area contributed by atoms with Gasteiger partial charge in [-0.25, -0.2) is 0 Å². The Balaban J connectivity index is 2.03. The number of hydrogen-bond donors (Lipinski definition) is 1. The molecule has 0 bridgehead atoms. The van der Waals surface area contributed by atoms with E-state index < -0.39 is 0 Å². The number of allylic oxidation sites excluding steroid dienone is 1. The van der Waals surface area contributed by atoms with Crippen molar-refractivity contribution < 1.29 is 14.3 Å². The summed E-state index contributed by atoms with van der Waals surface area (Å²) in [5.41, 5.74) is 1.65. The molecule has 1 amide bonds. The number of aromatic nitrogens is 1. The third kappa shape index (κ3) is 5.41. The summed E-state index contributed by atoms with van der Waals surface area (Å²) in [6.07, 6.45) is 5.24. The Morgan fingerprint density at radius 1 is 1.35 bits per heavy atom. The van der Waals surface area contributed by atoms with Gasteiger partial charge in [-0.05, 0) is 56.1 Å². The van der Waals surface area contributed by atoms with Gasteiger partial charge in [0, 0.05) is 12.7 Å². The van der Waals surface area contributed by atoms with E-state index >= 15 is 0 Å². The van der Waals surface area contributed by atoms with Crippen LogP contribution in [0.5, 0.6) is 0 Å². The van der Waals surface area contributed by atoms with E-state index in [0.717, 1.165) is 6.42 Å². The number of carbonyl (C=O) groups excluding carboxylic acids is 2. The average Bonchev–Trinajstić information content (AvgIpc) is 2.62. The van der Waals surface area contributed by atoms with E-state index in [1.807, 2.05) is 13.0 Å². The third-order valence-electron chi connectivity index (χ3n) is 5.20. The summed E-state index contributed by atoms with van der Waals surface area (Å²) in [7, 11) is 0. The molecule has 0 unspecified atom stereocenters. The molecule has 1 aromatic rings. The van der Waals surface area contributed by atoms with Gasteiger partial charge in [-0.15, -0.1) is 0 Å². The van der Waals surface area contributed by atoms with Gasteiger partial charge in [0.1, 0.15) is 5.69 Å². The lowest BCUT2D eigenvalue weighted by Gasteiger charge is -2.37. The normalized spacial score (nSPS) is 22.7. The summed E-state index contributed by atoms with van der Waals surface area (Å²) in [5.74, 6) is 1.11. The number of ether oxygens (including phenoxy) is 1. The molecule has 0 fully saturated rings. The second-order valence-corrected chi connectivity index (χ2v) is 7.35. The van der Waals surface area contributed by atoms with E-state index in [2.05, 4.69) is 37.1 Å². The molecule has 0 aliphatic heterocycles. The Labute approximate surface area is 156 Å². The van der Waals surface area contributed by atoms with Crippen LogP contribution >= 0.6 is 0 Å². The average molecular weight is 358 g/mol. The van der Waals surface area contributed by atoms with Gasteiger partial charge in [-0.1, -0.05) is 31.6 Å². The van der Waals surface area contributed by atoms with Crippen LogP contribution in [0.1, 0.15) is 51.0 Å². The van der Waals surface area contributed by atoms with Crippen LogP contribution in [0.2, 0.25) is 0 Å². The molecule has 5 nitrogen and oxygen atoms in total. The number of rotatable bonds is 7. The molecule has 1 N–H and O–H groups in total. The van der Waals surface area contributed by atoms with Gasteiger partial charge < -0.3 is 10.1 Å². The molecule has 0 saturated carbocycles. The Bertz CT molecular complexity index is 640. The number of hydrogen-bond acceptors (Lipinski definition) is 4. The molecule has 1 aromatic heterocycles. The first-order valence-corrected chi connectivity index (χ1v) is 9.45. The fourth-order valence-corrected chi connectivity index (χ4v) is 3.73. The minimum Gasteiger partial charge on any atom is -0.466 e. The highest BCUT2D eigenvalue weighted by molar-refractivity contribution is 5.92. The quantitative estimate of drug-likeness (QED) is 0.597. The summed E-state index contributed by atoms with van der Waals surface area (Å²) in [5, 5.41) is 3.01. The number of nitrogens with zero attached hydrogens (tertiary/aromatic N) is 1. The van der Waals surface area contributed by atoms with Crippen LogP contribution in [0, 0.1) is 23.7 Å². The fraction of sp³-hybridized carbons (Fsp3) is 0.571. The monoisotopic (exact) mass is 358 g/mol. The predicted molar refractivity (Wildman–Crippen MR) is 102 cm³/mol. The maximum atomic E-state index is 12.3. The molecule has 0 radical (unpaired) electrons. The highest BCUT2D eigenvalue weighted by atomic mass is 16.5. The molecule has 1 aliphatic rings. The van der Waals surface area contributed by atoms with E-state index in [1.54, 1.807) is 18.3 Å². The number of nitrogens with one attached hydrogen (secondary N) is 1. The van der Waals surface area contributed by atoms with E-state index in [1.165, 1.54) is 5.57 Å². The Morgan fingerprint density at radius 3 is 2.73 bits per heavy atom.